The van der Waals surface area contributed by atoms with Crippen LogP contribution in [0.2, 0.25) is 0 Å². The lowest BCUT2D eigenvalue weighted by Crippen LogP contribution is -2.21. The minimum Gasteiger partial charge on any atom is -0.365 e. The Bertz CT molecular complexity index is 972. The van der Waals surface area contributed by atoms with Gasteiger partial charge < -0.3 is 5.32 Å². The Hall–Kier alpha value is -2.20. The summed E-state index contributed by atoms with van der Waals surface area (Å²) in [6, 6.07) is 9.48. The van der Waals surface area contributed by atoms with E-state index in [1.165, 1.54) is 6.07 Å². The first-order valence-electron chi connectivity index (χ1n) is 8.20. The predicted molar refractivity (Wildman–Crippen MR) is 99.3 cm³/mol. The maximum Gasteiger partial charge on any atom is 0.263 e. The predicted octanol–water partition coefficient (Wildman–Crippen LogP) is 1.44. The van der Waals surface area contributed by atoms with Crippen LogP contribution in [-0.2, 0) is 26.3 Å². The summed E-state index contributed by atoms with van der Waals surface area (Å²) in [5, 5.41) is 10.8. The first-order valence-corrected chi connectivity index (χ1v) is 11.5. The van der Waals surface area contributed by atoms with Gasteiger partial charge in [0.15, 0.2) is 15.7 Å². The zero-order valence-electron chi connectivity index (χ0n) is 14.2. The molecule has 10 heteroatoms. The van der Waals surface area contributed by atoms with E-state index in [0.717, 1.165) is 12.0 Å². The van der Waals surface area contributed by atoms with Crippen molar-refractivity contribution < 1.29 is 16.8 Å². The van der Waals surface area contributed by atoms with Crippen molar-refractivity contribution in [3.8, 4) is 0 Å². The molecule has 0 spiro atoms. The van der Waals surface area contributed by atoms with Crippen LogP contribution in [-0.4, -0.2) is 44.6 Å². The van der Waals surface area contributed by atoms with Gasteiger partial charge in [-0.15, -0.1) is 10.2 Å². The third-order valence-electron chi connectivity index (χ3n) is 4.13. The molecule has 1 saturated heterocycles. The Morgan fingerprint density at radius 3 is 2.27 bits per heavy atom. The fraction of sp³-hybridized carbons (Fsp3) is 0.375. The van der Waals surface area contributed by atoms with Crippen LogP contribution in [0.4, 0.5) is 11.6 Å². The summed E-state index contributed by atoms with van der Waals surface area (Å²) in [4.78, 5) is 0.148. The molecule has 0 radical (unpaired) electrons. The average Bonchev–Trinajstić information content (AvgIpc) is 2.95. The van der Waals surface area contributed by atoms with Crippen LogP contribution in [0.5, 0.6) is 0 Å². The highest BCUT2D eigenvalue weighted by molar-refractivity contribution is 7.92. The molecule has 1 fully saturated rings. The van der Waals surface area contributed by atoms with Crippen molar-refractivity contribution in [3.05, 3.63) is 42.0 Å². The van der Waals surface area contributed by atoms with E-state index >= 15 is 0 Å². The van der Waals surface area contributed by atoms with Gasteiger partial charge in [0, 0.05) is 6.04 Å². The highest BCUT2D eigenvalue weighted by Crippen LogP contribution is 2.18. The van der Waals surface area contributed by atoms with Crippen LogP contribution in [0.3, 0.4) is 0 Å². The molecular formula is C16H20N4O4S2. The zero-order valence-corrected chi connectivity index (χ0v) is 15.8. The molecule has 0 bridgehead atoms. The van der Waals surface area contributed by atoms with E-state index in [0.29, 0.717) is 12.2 Å². The Morgan fingerprint density at radius 1 is 1.08 bits per heavy atom. The molecular weight excluding hydrogens is 376 g/mol. The van der Waals surface area contributed by atoms with Gasteiger partial charge in [0.2, 0.25) is 0 Å². The third-order valence-corrected chi connectivity index (χ3v) is 7.27. The van der Waals surface area contributed by atoms with Gasteiger partial charge in [-0.1, -0.05) is 19.1 Å². The first-order chi connectivity index (χ1) is 12.3. The van der Waals surface area contributed by atoms with Gasteiger partial charge in [-0.05, 0) is 42.7 Å². The number of anilines is 2. The van der Waals surface area contributed by atoms with E-state index in [2.05, 4.69) is 20.2 Å². The topological polar surface area (TPSA) is 118 Å². The van der Waals surface area contributed by atoms with E-state index < -0.39 is 19.9 Å². The summed E-state index contributed by atoms with van der Waals surface area (Å²) in [7, 11) is -6.73. The van der Waals surface area contributed by atoms with Crippen molar-refractivity contribution in [2.45, 2.75) is 30.7 Å². The minimum absolute atomic E-state index is 0.0663. The molecule has 2 N–H and O–H groups in total. The van der Waals surface area contributed by atoms with Gasteiger partial charge in [-0.3, -0.25) is 4.72 Å². The number of nitrogens with one attached hydrogen (secondary N) is 2. The van der Waals surface area contributed by atoms with Crippen LogP contribution in [0, 0.1) is 0 Å². The molecule has 3 rings (SSSR count). The van der Waals surface area contributed by atoms with Crippen molar-refractivity contribution in [3.63, 3.8) is 0 Å². The second kappa shape index (κ2) is 7.20. The number of hydrogen-bond donors (Lipinski definition) is 2. The molecule has 26 heavy (non-hydrogen) atoms. The fourth-order valence-corrected chi connectivity index (χ4v) is 5.35. The molecule has 2 aromatic rings. The summed E-state index contributed by atoms with van der Waals surface area (Å²) < 4.78 is 50.1. The van der Waals surface area contributed by atoms with Gasteiger partial charge in [-0.25, -0.2) is 16.8 Å². The summed E-state index contributed by atoms with van der Waals surface area (Å²) >= 11 is 0. The highest BCUT2D eigenvalue weighted by atomic mass is 32.2. The number of rotatable bonds is 6. The summed E-state index contributed by atoms with van der Waals surface area (Å²) in [5.74, 6) is 0.723. The smallest absolute Gasteiger partial charge is 0.263 e. The molecule has 2 heterocycles. The van der Waals surface area contributed by atoms with E-state index in [1.807, 2.05) is 6.92 Å². The number of sulfone groups is 1. The molecule has 140 valence electrons. The van der Waals surface area contributed by atoms with Crippen LogP contribution < -0.4 is 10.0 Å². The number of nitrogens with zero attached hydrogens (tertiary/aromatic N) is 2. The van der Waals surface area contributed by atoms with Crippen LogP contribution >= 0.6 is 0 Å². The summed E-state index contributed by atoms with van der Waals surface area (Å²) in [5.41, 5.74) is 1.05. The number of hydrogen-bond acceptors (Lipinski definition) is 7. The second-order valence-corrected chi connectivity index (χ2v) is 10.1. The molecule has 0 saturated carbocycles. The second-order valence-electron chi connectivity index (χ2n) is 6.15. The molecule has 8 nitrogen and oxygen atoms in total. The average molecular weight is 396 g/mol. The van der Waals surface area contributed by atoms with Gasteiger partial charge in [0.25, 0.3) is 10.0 Å². The van der Waals surface area contributed by atoms with E-state index in [4.69, 9.17) is 0 Å². The lowest BCUT2D eigenvalue weighted by atomic mass is 10.2. The van der Waals surface area contributed by atoms with Crippen LogP contribution in [0.15, 0.2) is 41.3 Å². The first kappa shape index (κ1) is 18.6. The number of aryl methyl sites for hydroxylation is 1. The molecule has 1 atom stereocenters. The van der Waals surface area contributed by atoms with E-state index in [1.54, 1.807) is 30.3 Å². The molecule has 1 aliphatic heterocycles. The monoisotopic (exact) mass is 396 g/mol. The molecule has 1 unspecified atom stereocenters. The minimum atomic E-state index is -3.74. The number of sulfonamides is 1. The SMILES string of the molecule is CCc1ccc(S(=O)(=O)Nc2ccc(NC3CCS(=O)(=O)C3)nn2)cc1. The van der Waals surface area contributed by atoms with Crippen molar-refractivity contribution in [1.29, 1.82) is 0 Å². The lowest BCUT2D eigenvalue weighted by molar-refractivity contribution is 0.599. The molecule has 1 aliphatic rings. The van der Waals surface area contributed by atoms with E-state index in [-0.39, 0.29) is 28.3 Å². The summed E-state index contributed by atoms with van der Waals surface area (Å²) in [6.07, 6.45) is 1.35. The van der Waals surface area contributed by atoms with Gasteiger partial charge >= 0.3 is 0 Å². The Morgan fingerprint density at radius 2 is 1.73 bits per heavy atom. The van der Waals surface area contributed by atoms with Gasteiger partial charge in [-0.2, -0.15) is 0 Å². The third kappa shape index (κ3) is 4.50. The van der Waals surface area contributed by atoms with Crippen molar-refractivity contribution in [1.82, 2.24) is 10.2 Å². The fourth-order valence-electron chi connectivity index (χ4n) is 2.68. The standard InChI is InChI=1S/C16H20N4O4S2/c1-2-12-3-5-14(6-4-12)26(23,24)20-16-8-7-15(18-19-16)17-13-9-10-25(21,22)11-13/h3-8,13H,2,9-11H2,1H3,(H,17,18)(H,19,20). The molecule has 0 aliphatic carbocycles. The molecule has 1 aromatic heterocycles. The quantitative estimate of drug-likeness (QED) is 0.758. The maximum absolute atomic E-state index is 12.4. The summed E-state index contributed by atoms with van der Waals surface area (Å²) in [6.45, 7) is 1.99. The maximum atomic E-state index is 12.4. The lowest BCUT2D eigenvalue weighted by Gasteiger charge is -2.11. The molecule has 1 aromatic carbocycles. The van der Waals surface area contributed by atoms with E-state index in [9.17, 15) is 16.8 Å². The largest absolute Gasteiger partial charge is 0.365 e. The van der Waals surface area contributed by atoms with Crippen LogP contribution in [0.1, 0.15) is 18.9 Å². The van der Waals surface area contributed by atoms with Crippen molar-refractivity contribution >= 4 is 31.5 Å². The van der Waals surface area contributed by atoms with Crippen molar-refractivity contribution in [2.75, 3.05) is 21.5 Å². The van der Waals surface area contributed by atoms with Gasteiger partial charge in [0.05, 0.1) is 16.4 Å². The van der Waals surface area contributed by atoms with Crippen LogP contribution in [0.25, 0.3) is 0 Å². The van der Waals surface area contributed by atoms with Gasteiger partial charge in [0.1, 0.15) is 5.82 Å². The van der Waals surface area contributed by atoms with Crippen molar-refractivity contribution in [2.24, 2.45) is 0 Å². The highest BCUT2D eigenvalue weighted by Gasteiger charge is 2.28. The Labute approximate surface area is 153 Å². The zero-order chi connectivity index (χ0) is 18.8. The number of benzene rings is 1. The normalized spacial score (nSPS) is 19.2. The number of aromatic nitrogens is 2. The Kier molecular flexibility index (Phi) is 5.15. The Balaban J connectivity index is 1.66. The molecule has 0 amide bonds.